The van der Waals surface area contributed by atoms with Crippen LogP contribution in [-0.2, 0) is 6.54 Å². The fourth-order valence-corrected chi connectivity index (χ4v) is 3.94. The molecule has 0 unspecified atom stereocenters. The number of hydrogen-bond donors (Lipinski definition) is 2. The Morgan fingerprint density at radius 1 is 0.968 bits per heavy atom. The predicted molar refractivity (Wildman–Crippen MR) is 119 cm³/mol. The molecule has 1 aliphatic heterocycles. The number of rotatable bonds is 6. The summed E-state index contributed by atoms with van der Waals surface area (Å²) in [6, 6.07) is 12.0. The number of ether oxygens (including phenoxy) is 3. The molecule has 0 spiro atoms. The van der Waals surface area contributed by atoms with Crippen molar-refractivity contribution in [3.8, 4) is 17.2 Å². The van der Waals surface area contributed by atoms with E-state index in [1.165, 1.54) is 0 Å². The number of aromatic nitrogens is 4. The average molecular weight is 420 g/mol. The van der Waals surface area contributed by atoms with Gasteiger partial charge in [0.1, 0.15) is 0 Å². The van der Waals surface area contributed by atoms with E-state index in [0.29, 0.717) is 23.2 Å². The molecular formula is C22H24N6O3. The van der Waals surface area contributed by atoms with Gasteiger partial charge >= 0.3 is 0 Å². The first-order valence-electron chi connectivity index (χ1n) is 10.1. The van der Waals surface area contributed by atoms with Crippen molar-refractivity contribution in [2.75, 3.05) is 38.1 Å². The van der Waals surface area contributed by atoms with Gasteiger partial charge in [-0.25, -0.2) is 4.68 Å². The highest BCUT2D eigenvalue weighted by molar-refractivity contribution is 5.83. The van der Waals surface area contributed by atoms with Crippen LogP contribution in [-0.4, -0.2) is 47.6 Å². The Morgan fingerprint density at radius 2 is 1.77 bits per heavy atom. The molecule has 5 rings (SSSR count). The quantitative estimate of drug-likeness (QED) is 0.486. The fourth-order valence-electron chi connectivity index (χ4n) is 3.94. The van der Waals surface area contributed by atoms with Crippen molar-refractivity contribution in [2.24, 2.45) is 0 Å². The molecule has 0 bridgehead atoms. The minimum Gasteiger partial charge on any atom is -0.493 e. The van der Waals surface area contributed by atoms with E-state index in [4.69, 9.17) is 19.2 Å². The van der Waals surface area contributed by atoms with Crippen LogP contribution in [0.4, 0.5) is 23.3 Å². The zero-order valence-corrected chi connectivity index (χ0v) is 17.7. The topological polar surface area (TPSA) is 89.5 Å². The van der Waals surface area contributed by atoms with Crippen molar-refractivity contribution < 1.29 is 14.2 Å². The molecule has 0 atom stereocenters. The predicted octanol–water partition coefficient (Wildman–Crippen LogP) is 4.07. The van der Waals surface area contributed by atoms with Gasteiger partial charge < -0.3 is 29.4 Å². The van der Waals surface area contributed by atoms with Gasteiger partial charge in [-0.3, -0.25) is 0 Å². The van der Waals surface area contributed by atoms with Crippen molar-refractivity contribution in [1.82, 2.24) is 19.7 Å². The number of hydrogen-bond acceptors (Lipinski definition) is 7. The lowest BCUT2D eigenvalue weighted by atomic mass is 10.2. The van der Waals surface area contributed by atoms with Crippen LogP contribution in [0.3, 0.4) is 0 Å². The number of nitrogens with zero attached hydrogens (tertiary/aromatic N) is 4. The number of benzene rings is 2. The molecule has 0 aliphatic carbocycles. The minimum atomic E-state index is 0.556. The monoisotopic (exact) mass is 420 g/mol. The number of aryl methyl sites for hydroxylation is 1. The molecular weight excluding hydrogens is 396 g/mol. The molecule has 2 aromatic carbocycles. The molecule has 3 heterocycles. The number of anilines is 4. The van der Waals surface area contributed by atoms with Gasteiger partial charge in [0.25, 0.3) is 0 Å². The molecule has 9 nitrogen and oxygen atoms in total. The van der Waals surface area contributed by atoms with E-state index in [2.05, 4.69) is 26.4 Å². The standard InChI is InChI=1S/C22H24N6O3/c1-29-18-12-16(13-19(30-2)20(18)31-3)27-9-4-10-28-22(27)25-21(26-28)24-15-6-5-14-7-8-23-17(14)11-15/h5-8,11-13,23H,4,9-10H2,1-3H3,(H,24,26). The second kappa shape index (κ2) is 7.75. The number of fused-ring (bicyclic) bond motifs is 2. The molecule has 31 heavy (non-hydrogen) atoms. The minimum absolute atomic E-state index is 0.556. The lowest BCUT2D eigenvalue weighted by Crippen LogP contribution is -2.28. The molecule has 0 saturated carbocycles. The Morgan fingerprint density at radius 3 is 2.52 bits per heavy atom. The molecule has 0 fully saturated rings. The first-order valence-corrected chi connectivity index (χ1v) is 10.1. The number of nitrogens with one attached hydrogen (secondary N) is 2. The fraction of sp³-hybridized carbons (Fsp3) is 0.273. The largest absolute Gasteiger partial charge is 0.493 e. The van der Waals surface area contributed by atoms with Gasteiger partial charge in [0, 0.05) is 42.6 Å². The third-order valence-corrected chi connectivity index (χ3v) is 5.42. The van der Waals surface area contributed by atoms with Gasteiger partial charge in [-0.2, -0.15) is 4.98 Å². The van der Waals surface area contributed by atoms with Crippen LogP contribution < -0.4 is 24.4 Å². The summed E-state index contributed by atoms with van der Waals surface area (Å²) >= 11 is 0. The zero-order valence-electron chi connectivity index (χ0n) is 17.7. The van der Waals surface area contributed by atoms with E-state index in [1.54, 1.807) is 21.3 Å². The van der Waals surface area contributed by atoms with E-state index in [9.17, 15) is 0 Å². The van der Waals surface area contributed by atoms with Crippen molar-refractivity contribution in [3.05, 3.63) is 42.6 Å². The van der Waals surface area contributed by atoms with Crippen LogP contribution in [0.1, 0.15) is 6.42 Å². The van der Waals surface area contributed by atoms with E-state index in [0.717, 1.165) is 47.7 Å². The van der Waals surface area contributed by atoms with Gasteiger partial charge in [0.2, 0.25) is 17.6 Å². The summed E-state index contributed by atoms with van der Waals surface area (Å²) in [4.78, 5) is 10.1. The summed E-state index contributed by atoms with van der Waals surface area (Å²) in [7, 11) is 4.83. The summed E-state index contributed by atoms with van der Waals surface area (Å²) in [5, 5.41) is 9.15. The summed E-state index contributed by atoms with van der Waals surface area (Å²) < 4.78 is 18.4. The van der Waals surface area contributed by atoms with Crippen LogP contribution in [0.15, 0.2) is 42.6 Å². The summed E-state index contributed by atoms with van der Waals surface area (Å²) in [6.45, 7) is 1.62. The Hall–Kier alpha value is -3.88. The van der Waals surface area contributed by atoms with Crippen LogP contribution in [0, 0.1) is 0 Å². The first-order chi connectivity index (χ1) is 15.2. The maximum Gasteiger partial charge on any atom is 0.248 e. The Labute approximate surface area is 179 Å². The first kappa shape index (κ1) is 19.1. The molecule has 160 valence electrons. The summed E-state index contributed by atoms with van der Waals surface area (Å²) in [5.74, 6) is 3.09. The van der Waals surface area contributed by atoms with E-state index in [-0.39, 0.29) is 0 Å². The molecule has 1 aliphatic rings. The molecule has 4 aromatic rings. The maximum atomic E-state index is 5.52. The molecule has 0 radical (unpaired) electrons. The summed E-state index contributed by atoms with van der Waals surface area (Å²) in [6.07, 6.45) is 2.87. The Balaban J connectivity index is 1.48. The normalized spacial score (nSPS) is 13.2. The number of methoxy groups -OCH3 is 3. The van der Waals surface area contributed by atoms with Gasteiger partial charge in [-0.15, -0.1) is 5.10 Å². The lowest BCUT2D eigenvalue weighted by molar-refractivity contribution is 0.324. The highest BCUT2D eigenvalue weighted by atomic mass is 16.5. The molecule has 2 aromatic heterocycles. The van der Waals surface area contributed by atoms with Gasteiger partial charge in [-0.1, -0.05) is 6.07 Å². The third kappa shape index (κ3) is 3.37. The SMILES string of the molecule is COc1cc(N2CCCn3nc(Nc4ccc5cc[nH]c5c4)nc32)cc(OC)c1OC. The highest BCUT2D eigenvalue weighted by Crippen LogP contribution is 2.43. The molecule has 0 saturated heterocycles. The van der Waals surface area contributed by atoms with Crippen LogP contribution in [0.2, 0.25) is 0 Å². The average Bonchev–Trinajstić information content (AvgIpc) is 3.43. The van der Waals surface area contributed by atoms with E-state index in [1.807, 2.05) is 41.2 Å². The van der Waals surface area contributed by atoms with Gasteiger partial charge in [-0.05, 0) is 30.0 Å². The Kier molecular flexibility index (Phi) is 4.78. The van der Waals surface area contributed by atoms with Crippen LogP contribution in [0.25, 0.3) is 10.9 Å². The van der Waals surface area contributed by atoms with Gasteiger partial charge in [0.05, 0.1) is 27.0 Å². The summed E-state index contributed by atoms with van der Waals surface area (Å²) in [5.41, 5.74) is 2.90. The van der Waals surface area contributed by atoms with Crippen molar-refractivity contribution in [1.29, 1.82) is 0 Å². The second-order valence-corrected chi connectivity index (χ2v) is 7.25. The van der Waals surface area contributed by atoms with Crippen molar-refractivity contribution in [3.63, 3.8) is 0 Å². The van der Waals surface area contributed by atoms with Gasteiger partial charge in [0.15, 0.2) is 11.5 Å². The second-order valence-electron chi connectivity index (χ2n) is 7.25. The maximum absolute atomic E-state index is 5.52. The zero-order chi connectivity index (χ0) is 21.4. The Bertz CT molecular complexity index is 1210. The third-order valence-electron chi connectivity index (χ3n) is 5.42. The molecule has 2 N–H and O–H groups in total. The van der Waals surface area contributed by atoms with Crippen LogP contribution in [0.5, 0.6) is 17.2 Å². The molecule has 0 amide bonds. The number of aromatic amines is 1. The van der Waals surface area contributed by atoms with E-state index < -0.39 is 0 Å². The molecule has 9 heteroatoms. The van der Waals surface area contributed by atoms with Crippen molar-refractivity contribution >= 4 is 34.2 Å². The van der Waals surface area contributed by atoms with E-state index >= 15 is 0 Å². The van der Waals surface area contributed by atoms with Crippen LogP contribution >= 0.6 is 0 Å². The smallest absolute Gasteiger partial charge is 0.248 e. The lowest BCUT2D eigenvalue weighted by Gasteiger charge is -2.28. The highest BCUT2D eigenvalue weighted by Gasteiger charge is 2.25. The van der Waals surface area contributed by atoms with Crippen molar-refractivity contribution in [2.45, 2.75) is 13.0 Å². The number of H-pyrrole nitrogens is 1.